The van der Waals surface area contributed by atoms with Crippen LogP contribution in [0, 0.1) is 5.82 Å². The molecular formula is C13H12FNO2. The molecule has 4 heteroatoms. The van der Waals surface area contributed by atoms with Gasteiger partial charge in [-0.15, -0.1) is 0 Å². The van der Waals surface area contributed by atoms with Crippen LogP contribution in [0.15, 0.2) is 36.7 Å². The monoisotopic (exact) mass is 233 g/mol. The highest BCUT2D eigenvalue weighted by atomic mass is 19.1. The first-order valence-corrected chi connectivity index (χ1v) is 5.13. The molecule has 0 aliphatic heterocycles. The van der Waals surface area contributed by atoms with Crippen molar-refractivity contribution < 1.29 is 14.2 Å². The van der Waals surface area contributed by atoms with Gasteiger partial charge < -0.3 is 9.84 Å². The highest BCUT2D eigenvalue weighted by molar-refractivity contribution is 5.64. The number of ether oxygens (including phenoxy) is 1. The van der Waals surface area contributed by atoms with Crippen LogP contribution in [0.25, 0.3) is 11.1 Å². The minimum Gasteiger partial charge on any atom is -0.495 e. The van der Waals surface area contributed by atoms with E-state index in [4.69, 9.17) is 9.84 Å². The van der Waals surface area contributed by atoms with Gasteiger partial charge in [-0.2, -0.15) is 0 Å². The third kappa shape index (κ3) is 2.42. The largest absolute Gasteiger partial charge is 0.495 e. The predicted octanol–water partition coefficient (Wildman–Crippen LogP) is 2.39. The minimum absolute atomic E-state index is 0.282. The molecule has 0 bridgehead atoms. The number of aliphatic hydroxyl groups excluding tert-OH is 1. The fraction of sp³-hybridized carbons (Fsp3) is 0.154. The lowest BCUT2D eigenvalue weighted by atomic mass is 10.1. The number of halogens is 1. The number of methoxy groups -OCH3 is 1. The second-order valence-corrected chi connectivity index (χ2v) is 3.58. The predicted molar refractivity (Wildman–Crippen MR) is 62.1 cm³/mol. The Balaban J connectivity index is 2.42. The van der Waals surface area contributed by atoms with E-state index in [2.05, 4.69) is 4.98 Å². The molecule has 1 N–H and O–H groups in total. The second kappa shape index (κ2) is 4.93. The summed E-state index contributed by atoms with van der Waals surface area (Å²) in [6.45, 7) is -0.303. The van der Waals surface area contributed by atoms with Gasteiger partial charge >= 0.3 is 0 Å². The molecule has 1 aromatic heterocycles. The van der Waals surface area contributed by atoms with Gasteiger partial charge in [-0.05, 0) is 17.7 Å². The molecule has 0 saturated heterocycles. The summed E-state index contributed by atoms with van der Waals surface area (Å²) in [7, 11) is 1.55. The normalized spacial score (nSPS) is 10.3. The zero-order valence-electron chi connectivity index (χ0n) is 9.35. The van der Waals surface area contributed by atoms with E-state index in [1.165, 1.54) is 6.07 Å². The molecule has 1 heterocycles. The molecule has 0 spiro atoms. The van der Waals surface area contributed by atoms with Crippen LogP contribution in [0.3, 0.4) is 0 Å². The molecule has 88 valence electrons. The first kappa shape index (κ1) is 11.5. The molecule has 0 saturated carbocycles. The van der Waals surface area contributed by atoms with Gasteiger partial charge in [0.1, 0.15) is 11.6 Å². The van der Waals surface area contributed by atoms with E-state index in [1.54, 1.807) is 37.7 Å². The Labute approximate surface area is 98.5 Å². The molecule has 17 heavy (non-hydrogen) atoms. The molecule has 2 aromatic rings. The number of aromatic nitrogens is 1. The quantitative estimate of drug-likeness (QED) is 0.885. The van der Waals surface area contributed by atoms with E-state index >= 15 is 0 Å². The SMILES string of the molecule is COc1cncc(-c2ccc(CO)c(F)c2)c1. The van der Waals surface area contributed by atoms with E-state index in [1.807, 2.05) is 0 Å². The van der Waals surface area contributed by atoms with Gasteiger partial charge in [-0.1, -0.05) is 12.1 Å². The highest BCUT2D eigenvalue weighted by Crippen LogP contribution is 2.24. The summed E-state index contributed by atoms with van der Waals surface area (Å²) in [5.41, 5.74) is 1.75. The third-order valence-electron chi connectivity index (χ3n) is 2.51. The number of rotatable bonds is 3. The van der Waals surface area contributed by atoms with Crippen LogP contribution < -0.4 is 4.74 Å². The van der Waals surface area contributed by atoms with Crippen molar-refractivity contribution in [2.75, 3.05) is 7.11 Å². The van der Waals surface area contributed by atoms with Crippen LogP contribution in [-0.4, -0.2) is 17.2 Å². The summed E-state index contributed by atoms with van der Waals surface area (Å²) in [6, 6.07) is 6.46. The van der Waals surface area contributed by atoms with Crippen LogP contribution in [-0.2, 0) is 6.61 Å². The maximum atomic E-state index is 13.5. The third-order valence-corrected chi connectivity index (χ3v) is 2.51. The summed E-state index contributed by atoms with van der Waals surface area (Å²) in [5, 5.41) is 8.89. The first-order valence-electron chi connectivity index (χ1n) is 5.13. The van der Waals surface area contributed by atoms with Gasteiger partial charge in [0.2, 0.25) is 0 Å². The summed E-state index contributed by atoms with van der Waals surface area (Å²) in [4.78, 5) is 4.01. The molecule has 2 rings (SSSR count). The Hall–Kier alpha value is -1.94. The van der Waals surface area contributed by atoms with Crippen molar-refractivity contribution in [3.05, 3.63) is 48.0 Å². The summed E-state index contributed by atoms with van der Waals surface area (Å²) < 4.78 is 18.6. The summed E-state index contributed by atoms with van der Waals surface area (Å²) in [5.74, 6) is 0.196. The molecule has 1 aromatic carbocycles. The van der Waals surface area contributed by atoms with Crippen LogP contribution in [0.4, 0.5) is 4.39 Å². The molecule has 0 fully saturated rings. The van der Waals surface area contributed by atoms with Crippen molar-refractivity contribution in [2.24, 2.45) is 0 Å². The fourth-order valence-corrected chi connectivity index (χ4v) is 1.54. The van der Waals surface area contributed by atoms with Gasteiger partial charge in [0.15, 0.2) is 0 Å². The molecular weight excluding hydrogens is 221 g/mol. The van der Waals surface area contributed by atoms with Crippen LogP contribution in [0.1, 0.15) is 5.56 Å². The standard InChI is InChI=1S/C13H12FNO2/c1-17-12-4-11(6-15-7-12)9-2-3-10(8-16)13(14)5-9/h2-7,16H,8H2,1H3. The van der Waals surface area contributed by atoms with E-state index in [9.17, 15) is 4.39 Å². The van der Waals surface area contributed by atoms with Gasteiger partial charge in [0, 0.05) is 17.3 Å². The molecule has 0 aliphatic carbocycles. The van der Waals surface area contributed by atoms with Gasteiger partial charge in [-0.25, -0.2) is 4.39 Å². The minimum atomic E-state index is -0.423. The van der Waals surface area contributed by atoms with Crippen LogP contribution in [0.2, 0.25) is 0 Å². The fourth-order valence-electron chi connectivity index (χ4n) is 1.54. The first-order chi connectivity index (χ1) is 8.24. The number of hydrogen-bond acceptors (Lipinski definition) is 3. The number of benzene rings is 1. The van der Waals surface area contributed by atoms with Gasteiger partial charge in [0.05, 0.1) is 19.9 Å². The lowest BCUT2D eigenvalue weighted by Gasteiger charge is -2.06. The molecule has 0 aliphatic rings. The van der Waals surface area contributed by atoms with E-state index in [0.717, 1.165) is 5.56 Å². The second-order valence-electron chi connectivity index (χ2n) is 3.58. The Morgan fingerprint density at radius 1 is 1.24 bits per heavy atom. The topological polar surface area (TPSA) is 42.4 Å². The van der Waals surface area contributed by atoms with E-state index in [-0.39, 0.29) is 12.2 Å². The van der Waals surface area contributed by atoms with Crippen molar-refractivity contribution >= 4 is 0 Å². The molecule has 0 atom stereocenters. The lowest BCUT2D eigenvalue weighted by molar-refractivity contribution is 0.276. The Morgan fingerprint density at radius 3 is 2.71 bits per heavy atom. The summed E-state index contributed by atoms with van der Waals surface area (Å²) in [6.07, 6.45) is 3.22. The van der Waals surface area contributed by atoms with E-state index in [0.29, 0.717) is 11.3 Å². The summed E-state index contributed by atoms with van der Waals surface area (Å²) >= 11 is 0. The number of hydrogen-bond donors (Lipinski definition) is 1. The molecule has 3 nitrogen and oxygen atoms in total. The van der Waals surface area contributed by atoms with Gasteiger partial charge in [0.25, 0.3) is 0 Å². The number of aliphatic hydroxyl groups is 1. The van der Waals surface area contributed by atoms with Crippen molar-refractivity contribution in [1.82, 2.24) is 4.98 Å². The number of nitrogens with zero attached hydrogens (tertiary/aromatic N) is 1. The van der Waals surface area contributed by atoms with E-state index < -0.39 is 5.82 Å². The Bertz CT molecular complexity index is 529. The zero-order chi connectivity index (χ0) is 12.3. The Kier molecular flexibility index (Phi) is 3.35. The van der Waals surface area contributed by atoms with Crippen molar-refractivity contribution in [3.8, 4) is 16.9 Å². The number of pyridine rings is 1. The van der Waals surface area contributed by atoms with Gasteiger partial charge in [-0.3, -0.25) is 4.98 Å². The lowest BCUT2D eigenvalue weighted by Crippen LogP contribution is -1.91. The molecule has 0 radical (unpaired) electrons. The Morgan fingerprint density at radius 2 is 2.06 bits per heavy atom. The molecule has 0 unspecified atom stereocenters. The average molecular weight is 233 g/mol. The zero-order valence-corrected chi connectivity index (χ0v) is 9.35. The van der Waals surface area contributed by atoms with Crippen molar-refractivity contribution in [2.45, 2.75) is 6.61 Å². The van der Waals surface area contributed by atoms with Crippen molar-refractivity contribution in [3.63, 3.8) is 0 Å². The van der Waals surface area contributed by atoms with Crippen LogP contribution >= 0.6 is 0 Å². The van der Waals surface area contributed by atoms with Crippen molar-refractivity contribution in [1.29, 1.82) is 0 Å². The maximum Gasteiger partial charge on any atom is 0.137 e. The highest BCUT2D eigenvalue weighted by Gasteiger charge is 2.05. The molecule has 0 amide bonds. The maximum absolute atomic E-state index is 13.5. The average Bonchev–Trinajstić information content (AvgIpc) is 2.38. The van der Waals surface area contributed by atoms with Crippen LogP contribution in [0.5, 0.6) is 5.75 Å². The smallest absolute Gasteiger partial charge is 0.137 e.